The second-order valence-corrected chi connectivity index (χ2v) is 6.21. The third kappa shape index (κ3) is 2.99. The number of carbonyl (C=O) groups is 2. The van der Waals surface area contributed by atoms with Gasteiger partial charge in [0.05, 0.1) is 0 Å². The molecule has 0 saturated carbocycles. The van der Waals surface area contributed by atoms with Crippen LogP contribution in [-0.2, 0) is 16.0 Å². The fraction of sp³-hybridized carbons (Fsp3) is 0.529. The van der Waals surface area contributed by atoms with Crippen LogP contribution < -0.4 is 11.1 Å². The van der Waals surface area contributed by atoms with Crippen LogP contribution in [0.15, 0.2) is 24.3 Å². The van der Waals surface area contributed by atoms with Crippen LogP contribution in [0.25, 0.3) is 0 Å². The molecule has 1 aromatic carbocycles. The largest absolute Gasteiger partial charge is 0.338 e. The number of likely N-dealkylation sites (tertiary alicyclic amines) is 1. The molecule has 2 aliphatic rings. The van der Waals surface area contributed by atoms with Crippen molar-refractivity contribution in [2.24, 2.45) is 11.7 Å². The summed E-state index contributed by atoms with van der Waals surface area (Å²) in [5.41, 5.74) is 7.77. The first-order valence-corrected chi connectivity index (χ1v) is 8.07. The van der Waals surface area contributed by atoms with Crippen molar-refractivity contribution in [2.75, 3.05) is 18.4 Å². The lowest BCUT2D eigenvalue weighted by Gasteiger charge is -2.27. The van der Waals surface area contributed by atoms with Gasteiger partial charge in [0.1, 0.15) is 0 Å². The average Bonchev–Trinajstić information content (AvgIpc) is 3.01. The number of fused-ring (bicyclic) bond motifs is 1. The number of carbonyl (C=O) groups excluding carboxylic acids is 2. The summed E-state index contributed by atoms with van der Waals surface area (Å²) in [4.78, 5) is 26.4. The molecule has 2 unspecified atom stereocenters. The van der Waals surface area contributed by atoms with Crippen LogP contribution in [0.2, 0.25) is 0 Å². The van der Waals surface area contributed by atoms with Crippen molar-refractivity contribution in [2.45, 2.75) is 38.1 Å². The molecule has 1 aromatic rings. The topological polar surface area (TPSA) is 75.4 Å². The Balaban J connectivity index is 1.58. The fourth-order valence-electron chi connectivity index (χ4n) is 3.50. The molecule has 0 aliphatic carbocycles. The molecule has 2 heterocycles. The summed E-state index contributed by atoms with van der Waals surface area (Å²) in [6.45, 7) is 1.34. The van der Waals surface area contributed by atoms with Gasteiger partial charge in [0, 0.05) is 37.2 Å². The van der Waals surface area contributed by atoms with E-state index in [1.807, 2.05) is 29.2 Å². The van der Waals surface area contributed by atoms with Crippen molar-refractivity contribution in [3.05, 3.63) is 29.8 Å². The molecule has 22 heavy (non-hydrogen) atoms. The molecule has 2 atom stereocenters. The van der Waals surface area contributed by atoms with Crippen molar-refractivity contribution in [3.63, 3.8) is 0 Å². The molecule has 118 valence electrons. The Morgan fingerprint density at radius 3 is 3.00 bits per heavy atom. The second kappa shape index (κ2) is 6.48. The number of anilines is 1. The average molecular weight is 301 g/mol. The SMILES string of the molecule is NCC1CCCN1C(=O)CCC1Cc2ccccc2NC1=O. The number of hydrogen-bond acceptors (Lipinski definition) is 3. The van der Waals surface area contributed by atoms with E-state index in [0.717, 1.165) is 37.1 Å². The Bertz CT molecular complexity index is 573. The van der Waals surface area contributed by atoms with Crippen molar-refractivity contribution < 1.29 is 9.59 Å². The Morgan fingerprint density at radius 1 is 1.36 bits per heavy atom. The first-order valence-electron chi connectivity index (χ1n) is 8.07. The molecule has 0 spiro atoms. The van der Waals surface area contributed by atoms with E-state index < -0.39 is 0 Å². The van der Waals surface area contributed by atoms with Crippen LogP contribution >= 0.6 is 0 Å². The third-order valence-corrected chi connectivity index (χ3v) is 4.79. The number of para-hydroxylation sites is 1. The number of benzene rings is 1. The van der Waals surface area contributed by atoms with Crippen LogP contribution in [0.4, 0.5) is 5.69 Å². The van der Waals surface area contributed by atoms with Gasteiger partial charge in [-0.3, -0.25) is 9.59 Å². The Kier molecular flexibility index (Phi) is 4.43. The van der Waals surface area contributed by atoms with Gasteiger partial charge in [0.2, 0.25) is 11.8 Å². The molecule has 2 amide bonds. The van der Waals surface area contributed by atoms with Gasteiger partial charge in [-0.1, -0.05) is 18.2 Å². The van der Waals surface area contributed by atoms with Crippen LogP contribution in [0.3, 0.4) is 0 Å². The minimum absolute atomic E-state index is 0.0308. The van der Waals surface area contributed by atoms with Gasteiger partial charge in [-0.05, 0) is 37.3 Å². The van der Waals surface area contributed by atoms with E-state index in [2.05, 4.69) is 5.32 Å². The van der Waals surface area contributed by atoms with E-state index in [1.54, 1.807) is 0 Å². The van der Waals surface area contributed by atoms with Crippen LogP contribution in [0, 0.1) is 5.92 Å². The first kappa shape index (κ1) is 15.0. The Labute approximate surface area is 130 Å². The lowest BCUT2D eigenvalue weighted by Crippen LogP contribution is -2.40. The zero-order valence-corrected chi connectivity index (χ0v) is 12.8. The molecular formula is C17H23N3O2. The molecule has 0 radical (unpaired) electrons. The molecule has 5 nitrogen and oxygen atoms in total. The van der Waals surface area contributed by atoms with Crippen LogP contribution in [0.5, 0.6) is 0 Å². The quantitative estimate of drug-likeness (QED) is 0.885. The zero-order valence-electron chi connectivity index (χ0n) is 12.8. The molecule has 2 aliphatic heterocycles. The van der Waals surface area contributed by atoms with Gasteiger partial charge in [-0.15, -0.1) is 0 Å². The molecule has 3 rings (SSSR count). The number of hydrogen-bond donors (Lipinski definition) is 2. The molecule has 3 N–H and O–H groups in total. The summed E-state index contributed by atoms with van der Waals surface area (Å²) < 4.78 is 0. The monoisotopic (exact) mass is 301 g/mol. The molecule has 1 saturated heterocycles. The summed E-state index contributed by atoms with van der Waals surface area (Å²) >= 11 is 0. The van der Waals surface area contributed by atoms with Gasteiger partial charge in [-0.25, -0.2) is 0 Å². The first-order chi connectivity index (χ1) is 10.7. The van der Waals surface area contributed by atoms with Gasteiger partial charge in [0.25, 0.3) is 0 Å². The van der Waals surface area contributed by atoms with Gasteiger partial charge in [0.15, 0.2) is 0 Å². The van der Waals surface area contributed by atoms with E-state index >= 15 is 0 Å². The highest BCUT2D eigenvalue weighted by Gasteiger charge is 2.30. The maximum Gasteiger partial charge on any atom is 0.227 e. The molecule has 5 heteroatoms. The van der Waals surface area contributed by atoms with E-state index in [0.29, 0.717) is 19.4 Å². The molecular weight excluding hydrogens is 278 g/mol. The van der Waals surface area contributed by atoms with E-state index in [9.17, 15) is 9.59 Å². The van der Waals surface area contributed by atoms with Gasteiger partial charge < -0.3 is 16.0 Å². The van der Waals surface area contributed by atoms with Gasteiger partial charge in [-0.2, -0.15) is 0 Å². The van der Waals surface area contributed by atoms with Crippen molar-refractivity contribution in [1.82, 2.24) is 4.90 Å². The summed E-state index contributed by atoms with van der Waals surface area (Å²) in [6.07, 6.45) is 3.78. The highest BCUT2D eigenvalue weighted by atomic mass is 16.2. The Morgan fingerprint density at radius 2 is 2.18 bits per heavy atom. The maximum absolute atomic E-state index is 12.3. The van der Waals surface area contributed by atoms with E-state index in [-0.39, 0.29) is 23.8 Å². The minimum Gasteiger partial charge on any atom is -0.338 e. The van der Waals surface area contributed by atoms with Crippen molar-refractivity contribution in [3.8, 4) is 0 Å². The number of rotatable bonds is 4. The summed E-state index contributed by atoms with van der Waals surface area (Å²) in [6, 6.07) is 8.05. The number of amides is 2. The number of nitrogens with one attached hydrogen (secondary N) is 1. The molecule has 1 fully saturated rings. The zero-order chi connectivity index (χ0) is 15.5. The van der Waals surface area contributed by atoms with Crippen LogP contribution in [-0.4, -0.2) is 35.8 Å². The minimum atomic E-state index is -0.113. The highest BCUT2D eigenvalue weighted by Crippen LogP contribution is 2.28. The Hall–Kier alpha value is -1.88. The number of nitrogens with zero attached hydrogens (tertiary/aromatic N) is 1. The van der Waals surface area contributed by atoms with E-state index in [1.165, 1.54) is 0 Å². The predicted octanol–water partition coefficient (Wildman–Crippen LogP) is 1.53. The molecule has 0 bridgehead atoms. The predicted molar refractivity (Wildman–Crippen MR) is 85.3 cm³/mol. The lowest BCUT2D eigenvalue weighted by molar-refractivity contribution is -0.132. The van der Waals surface area contributed by atoms with Crippen molar-refractivity contribution in [1.29, 1.82) is 0 Å². The van der Waals surface area contributed by atoms with Crippen LogP contribution in [0.1, 0.15) is 31.2 Å². The summed E-state index contributed by atoms with van der Waals surface area (Å²) in [5, 5.41) is 2.94. The highest BCUT2D eigenvalue weighted by molar-refractivity contribution is 5.96. The van der Waals surface area contributed by atoms with Gasteiger partial charge >= 0.3 is 0 Å². The maximum atomic E-state index is 12.3. The fourth-order valence-corrected chi connectivity index (χ4v) is 3.50. The normalized spacial score (nSPS) is 24.0. The van der Waals surface area contributed by atoms with E-state index in [4.69, 9.17) is 5.73 Å². The second-order valence-electron chi connectivity index (χ2n) is 6.21. The number of nitrogens with two attached hydrogens (primary N) is 1. The smallest absolute Gasteiger partial charge is 0.227 e. The lowest BCUT2D eigenvalue weighted by atomic mass is 9.89. The standard InChI is InChI=1S/C17H23N3O2/c18-11-14-5-3-9-20(14)16(21)8-7-13-10-12-4-1-2-6-15(12)19-17(13)22/h1-2,4,6,13-14H,3,5,7-11,18H2,(H,19,22). The third-order valence-electron chi connectivity index (χ3n) is 4.79. The molecule has 0 aromatic heterocycles. The van der Waals surface area contributed by atoms with Crippen molar-refractivity contribution >= 4 is 17.5 Å². The summed E-state index contributed by atoms with van der Waals surface area (Å²) in [5.74, 6) is 0.0562. The summed E-state index contributed by atoms with van der Waals surface area (Å²) in [7, 11) is 0.